The Hall–Kier alpha value is -4.53. The van der Waals surface area contributed by atoms with Gasteiger partial charge in [-0.1, -0.05) is 30.3 Å². The van der Waals surface area contributed by atoms with Crippen LogP contribution in [0.2, 0.25) is 0 Å². The summed E-state index contributed by atoms with van der Waals surface area (Å²) < 4.78 is 10.8. The number of carbonyl (C=O) groups excluding carboxylic acids is 1. The van der Waals surface area contributed by atoms with Crippen molar-refractivity contribution >= 4 is 11.5 Å². The summed E-state index contributed by atoms with van der Waals surface area (Å²) in [6.45, 7) is 0. The zero-order valence-electron chi connectivity index (χ0n) is 18.6. The first-order chi connectivity index (χ1) is 16.5. The number of benzene rings is 3. The van der Waals surface area contributed by atoms with E-state index in [0.717, 1.165) is 0 Å². The summed E-state index contributed by atoms with van der Waals surface area (Å²) in [6, 6.07) is 19.8. The van der Waals surface area contributed by atoms with Gasteiger partial charge < -0.3 is 9.47 Å². The molecule has 0 amide bonds. The number of nitrogens with zero attached hydrogens (tertiary/aromatic N) is 4. The molecular formula is C25H22N4O5. The highest BCUT2D eigenvalue weighted by Gasteiger charge is 2.23. The Labute approximate surface area is 195 Å². The maximum atomic E-state index is 13.0. The lowest BCUT2D eigenvalue weighted by molar-refractivity contribution is -0.384. The Balaban J connectivity index is 1.73. The van der Waals surface area contributed by atoms with Gasteiger partial charge >= 0.3 is 0 Å². The van der Waals surface area contributed by atoms with Gasteiger partial charge in [-0.05, 0) is 35.9 Å². The van der Waals surface area contributed by atoms with E-state index < -0.39 is 11.0 Å². The minimum atomic E-state index is -0.570. The van der Waals surface area contributed by atoms with Gasteiger partial charge in [-0.15, -0.1) is 0 Å². The Morgan fingerprint density at radius 2 is 1.76 bits per heavy atom. The number of nitro groups is 1. The van der Waals surface area contributed by atoms with Crippen molar-refractivity contribution in [2.24, 2.45) is 0 Å². The molecule has 0 saturated heterocycles. The van der Waals surface area contributed by atoms with Crippen molar-refractivity contribution in [1.82, 2.24) is 15.0 Å². The van der Waals surface area contributed by atoms with Gasteiger partial charge in [0.15, 0.2) is 5.78 Å². The number of non-ortho nitro benzene ring substituents is 1. The molecule has 1 heterocycles. The predicted octanol–water partition coefficient (Wildman–Crippen LogP) is 4.73. The molecular weight excluding hydrogens is 436 g/mol. The number of hydrogen-bond acceptors (Lipinski definition) is 7. The molecule has 4 aromatic rings. The van der Waals surface area contributed by atoms with Gasteiger partial charge in [0, 0.05) is 29.7 Å². The number of ketones is 1. The van der Waals surface area contributed by atoms with Crippen LogP contribution in [0.25, 0.3) is 11.3 Å². The second-order valence-corrected chi connectivity index (χ2v) is 7.47. The lowest BCUT2D eigenvalue weighted by Crippen LogP contribution is -2.18. The topological polar surface area (TPSA) is 109 Å². The number of aromatic nitrogens is 3. The summed E-state index contributed by atoms with van der Waals surface area (Å²) in [6.07, 6.45) is 1.66. The predicted molar refractivity (Wildman–Crippen MR) is 125 cm³/mol. The third-order valence-corrected chi connectivity index (χ3v) is 5.43. The van der Waals surface area contributed by atoms with E-state index in [1.54, 1.807) is 75.0 Å². The molecule has 0 radical (unpaired) electrons. The average Bonchev–Trinajstić information content (AvgIpc) is 3.37. The molecule has 4 rings (SSSR count). The zero-order valence-corrected chi connectivity index (χ0v) is 18.6. The number of nitro benzene ring substituents is 1. The van der Waals surface area contributed by atoms with E-state index in [1.165, 1.54) is 16.9 Å². The average molecular weight is 458 g/mol. The Kier molecular flexibility index (Phi) is 6.63. The number of methoxy groups -OCH3 is 2. The van der Waals surface area contributed by atoms with E-state index in [4.69, 9.17) is 9.47 Å². The normalized spacial score (nSPS) is 11.6. The standard InChI is InChI=1S/C25H22N4O5/c1-33-20-12-13-25(34-2)21(14-20)22-16-26-28(27-22)23(15-24(30)18-6-4-3-5-7-18)17-8-10-19(11-9-17)29(31)32/h3-14,16,23H,15H2,1-2H3. The molecule has 172 valence electrons. The van der Waals surface area contributed by atoms with Crippen LogP contribution in [0, 0.1) is 10.1 Å². The molecule has 0 aliphatic rings. The SMILES string of the molecule is COc1ccc(OC)c(-c2cnn(C(CC(=O)c3ccccc3)c3ccc([N+](=O)[O-])cc3)n2)c1. The first kappa shape index (κ1) is 22.7. The molecule has 0 fully saturated rings. The van der Waals surface area contributed by atoms with Crippen LogP contribution >= 0.6 is 0 Å². The van der Waals surface area contributed by atoms with Crippen LogP contribution in [0.4, 0.5) is 5.69 Å². The molecule has 1 aromatic heterocycles. The van der Waals surface area contributed by atoms with Crippen LogP contribution < -0.4 is 9.47 Å². The minimum absolute atomic E-state index is 0.0351. The van der Waals surface area contributed by atoms with Crippen molar-refractivity contribution in [1.29, 1.82) is 0 Å². The summed E-state index contributed by atoms with van der Waals surface area (Å²) in [5.74, 6) is 1.14. The van der Waals surface area contributed by atoms with E-state index in [9.17, 15) is 14.9 Å². The molecule has 0 N–H and O–H groups in total. The Morgan fingerprint density at radius 3 is 2.41 bits per heavy atom. The monoisotopic (exact) mass is 458 g/mol. The first-order valence-corrected chi connectivity index (χ1v) is 10.5. The lowest BCUT2D eigenvalue weighted by atomic mass is 9.98. The van der Waals surface area contributed by atoms with Gasteiger partial charge in [-0.25, -0.2) is 0 Å². The highest BCUT2D eigenvalue weighted by Crippen LogP contribution is 2.33. The fourth-order valence-electron chi connectivity index (χ4n) is 3.63. The summed E-state index contributed by atoms with van der Waals surface area (Å²) in [5.41, 5.74) is 2.43. The van der Waals surface area contributed by atoms with Crippen LogP contribution in [-0.2, 0) is 0 Å². The van der Waals surface area contributed by atoms with Crippen LogP contribution in [0.3, 0.4) is 0 Å². The van der Waals surface area contributed by atoms with Gasteiger partial charge in [-0.2, -0.15) is 15.0 Å². The van der Waals surface area contributed by atoms with E-state index in [1.807, 2.05) is 6.07 Å². The van der Waals surface area contributed by atoms with Crippen LogP contribution in [-0.4, -0.2) is 39.9 Å². The van der Waals surface area contributed by atoms with Gasteiger partial charge in [0.1, 0.15) is 23.2 Å². The zero-order chi connectivity index (χ0) is 24.1. The maximum absolute atomic E-state index is 13.0. The van der Waals surface area contributed by atoms with E-state index >= 15 is 0 Å². The number of Topliss-reactive ketones (excluding diaryl/α,β-unsaturated/α-hetero) is 1. The van der Waals surface area contributed by atoms with Gasteiger partial charge in [0.05, 0.1) is 25.3 Å². The minimum Gasteiger partial charge on any atom is -0.497 e. The summed E-state index contributed by atoms with van der Waals surface area (Å²) in [5, 5.41) is 20.1. The third-order valence-electron chi connectivity index (χ3n) is 5.43. The number of ether oxygens (including phenoxy) is 2. The fraction of sp³-hybridized carbons (Fsp3) is 0.160. The van der Waals surface area contributed by atoms with Crippen molar-refractivity contribution in [2.75, 3.05) is 14.2 Å². The van der Waals surface area contributed by atoms with Crippen LogP contribution in [0.15, 0.2) is 79.0 Å². The van der Waals surface area contributed by atoms with E-state index in [-0.39, 0.29) is 17.9 Å². The molecule has 34 heavy (non-hydrogen) atoms. The highest BCUT2D eigenvalue weighted by molar-refractivity contribution is 5.96. The highest BCUT2D eigenvalue weighted by atomic mass is 16.6. The lowest BCUT2D eigenvalue weighted by Gasteiger charge is -2.16. The van der Waals surface area contributed by atoms with Crippen molar-refractivity contribution in [2.45, 2.75) is 12.5 Å². The van der Waals surface area contributed by atoms with Crippen LogP contribution in [0.5, 0.6) is 11.5 Å². The van der Waals surface area contributed by atoms with E-state index in [2.05, 4.69) is 10.2 Å². The summed E-state index contributed by atoms with van der Waals surface area (Å²) in [4.78, 5) is 25.1. The van der Waals surface area contributed by atoms with Crippen molar-refractivity contribution in [3.8, 4) is 22.8 Å². The number of carbonyl (C=O) groups is 1. The second-order valence-electron chi connectivity index (χ2n) is 7.47. The van der Waals surface area contributed by atoms with Crippen molar-refractivity contribution < 1.29 is 19.2 Å². The van der Waals surface area contributed by atoms with Crippen molar-refractivity contribution in [3.63, 3.8) is 0 Å². The first-order valence-electron chi connectivity index (χ1n) is 10.5. The molecule has 0 aliphatic carbocycles. The molecule has 9 heteroatoms. The van der Waals surface area contributed by atoms with Gasteiger partial charge in [0.25, 0.3) is 5.69 Å². The summed E-state index contributed by atoms with van der Waals surface area (Å²) >= 11 is 0. The number of hydrogen-bond donors (Lipinski definition) is 0. The molecule has 0 saturated carbocycles. The molecule has 0 bridgehead atoms. The van der Waals surface area contributed by atoms with Gasteiger partial charge in [0.2, 0.25) is 0 Å². The molecule has 3 aromatic carbocycles. The molecule has 9 nitrogen and oxygen atoms in total. The Bertz CT molecular complexity index is 1300. The summed E-state index contributed by atoms with van der Waals surface area (Å²) in [7, 11) is 3.14. The van der Waals surface area contributed by atoms with Crippen molar-refractivity contribution in [3.05, 3.63) is 100 Å². The Morgan fingerprint density at radius 1 is 1.03 bits per heavy atom. The number of rotatable bonds is 9. The maximum Gasteiger partial charge on any atom is 0.269 e. The molecule has 1 atom stereocenters. The largest absolute Gasteiger partial charge is 0.497 e. The van der Waals surface area contributed by atoms with Gasteiger partial charge in [-0.3, -0.25) is 14.9 Å². The van der Waals surface area contributed by atoms with E-state index in [0.29, 0.717) is 33.9 Å². The second kappa shape index (κ2) is 9.95. The molecule has 0 aliphatic heterocycles. The van der Waals surface area contributed by atoms with Crippen LogP contribution in [0.1, 0.15) is 28.4 Å². The molecule has 1 unspecified atom stereocenters. The molecule has 0 spiro atoms. The quantitative estimate of drug-likeness (QED) is 0.203. The smallest absolute Gasteiger partial charge is 0.269 e. The fourth-order valence-corrected chi connectivity index (χ4v) is 3.63. The third kappa shape index (κ3) is 4.78.